The van der Waals surface area contributed by atoms with Gasteiger partial charge in [0.15, 0.2) is 5.11 Å². The van der Waals surface area contributed by atoms with E-state index < -0.39 is 5.91 Å². The second-order valence-electron chi connectivity index (χ2n) is 3.72. The van der Waals surface area contributed by atoms with Crippen LogP contribution in [-0.2, 0) is 0 Å². The maximum absolute atomic E-state index is 11.6. The van der Waals surface area contributed by atoms with Gasteiger partial charge >= 0.3 is 0 Å². The van der Waals surface area contributed by atoms with Crippen LogP contribution in [0.3, 0.4) is 0 Å². The highest BCUT2D eigenvalue weighted by Crippen LogP contribution is 2.14. The molecule has 0 unspecified atom stereocenters. The molecule has 92 valence electrons. The highest BCUT2D eigenvalue weighted by atomic mass is 32.1. The molecule has 17 heavy (non-hydrogen) atoms. The number of hydrogen-bond donors (Lipinski definition) is 4. The minimum absolute atomic E-state index is 0.0745. The molecule has 6 heteroatoms. The van der Waals surface area contributed by atoms with Gasteiger partial charge in [-0.3, -0.25) is 15.6 Å². The number of benzene rings is 1. The van der Waals surface area contributed by atoms with Gasteiger partial charge in [0.05, 0.1) is 5.56 Å². The molecule has 0 heterocycles. The summed E-state index contributed by atoms with van der Waals surface area (Å²) >= 11 is 4.93. The molecule has 1 aromatic carbocycles. The molecule has 1 rings (SSSR count). The minimum atomic E-state index is -0.448. The largest absolute Gasteiger partial charge is 0.507 e. The Labute approximate surface area is 105 Å². The molecule has 0 saturated carbocycles. The first kappa shape index (κ1) is 13.2. The fourth-order valence-electron chi connectivity index (χ4n) is 1.14. The molecule has 0 radical (unpaired) electrons. The topological polar surface area (TPSA) is 73.4 Å². The predicted molar refractivity (Wildman–Crippen MR) is 69.6 cm³/mol. The zero-order valence-corrected chi connectivity index (χ0v) is 10.5. The highest BCUT2D eigenvalue weighted by Gasteiger charge is 2.09. The van der Waals surface area contributed by atoms with Crippen molar-refractivity contribution < 1.29 is 9.90 Å². The van der Waals surface area contributed by atoms with Crippen LogP contribution in [0.5, 0.6) is 5.75 Å². The second-order valence-corrected chi connectivity index (χ2v) is 4.13. The van der Waals surface area contributed by atoms with Crippen LogP contribution in [0.2, 0.25) is 0 Å². The first-order valence-corrected chi connectivity index (χ1v) is 5.56. The standard InChI is InChI=1S/C11H15N3O2S/c1-7(2)12-11(17)14-13-10(16)8-5-3-4-6-9(8)15/h3-7,15H,1-2H3,(H,13,16)(H2,12,14,17). The molecule has 5 nitrogen and oxygen atoms in total. The van der Waals surface area contributed by atoms with Gasteiger partial charge in [0, 0.05) is 6.04 Å². The van der Waals surface area contributed by atoms with E-state index in [9.17, 15) is 9.90 Å². The molecule has 0 bridgehead atoms. The van der Waals surface area contributed by atoms with Gasteiger partial charge in [0.25, 0.3) is 5.91 Å². The van der Waals surface area contributed by atoms with Gasteiger partial charge in [-0.05, 0) is 38.2 Å². The lowest BCUT2D eigenvalue weighted by atomic mass is 10.2. The van der Waals surface area contributed by atoms with E-state index in [0.29, 0.717) is 5.11 Å². The molecule has 0 saturated heterocycles. The van der Waals surface area contributed by atoms with Crippen LogP contribution in [0.1, 0.15) is 24.2 Å². The molecule has 1 amide bonds. The van der Waals surface area contributed by atoms with E-state index in [4.69, 9.17) is 12.2 Å². The van der Waals surface area contributed by atoms with Crippen LogP contribution in [0.25, 0.3) is 0 Å². The summed E-state index contributed by atoms with van der Waals surface area (Å²) in [5, 5.41) is 12.7. The maximum Gasteiger partial charge on any atom is 0.273 e. The molecule has 0 aliphatic heterocycles. The SMILES string of the molecule is CC(C)NC(=S)NNC(=O)c1ccccc1O. The summed E-state index contributed by atoms with van der Waals surface area (Å²) in [6.07, 6.45) is 0. The quantitative estimate of drug-likeness (QED) is 0.466. The van der Waals surface area contributed by atoms with Crippen LogP contribution in [0.4, 0.5) is 0 Å². The van der Waals surface area contributed by atoms with Gasteiger partial charge in [0.1, 0.15) is 5.75 Å². The number of hydrazine groups is 1. The number of carbonyl (C=O) groups is 1. The van der Waals surface area contributed by atoms with Gasteiger partial charge in [0.2, 0.25) is 0 Å². The Hall–Kier alpha value is -1.82. The number of phenols is 1. The summed E-state index contributed by atoms with van der Waals surface area (Å²) in [5.41, 5.74) is 5.13. The average Bonchev–Trinajstić information content (AvgIpc) is 2.25. The number of para-hydroxylation sites is 1. The van der Waals surface area contributed by atoms with Crippen molar-refractivity contribution in [3.63, 3.8) is 0 Å². The lowest BCUT2D eigenvalue weighted by Gasteiger charge is -2.13. The fourth-order valence-corrected chi connectivity index (χ4v) is 1.43. The Balaban J connectivity index is 2.51. The number of carbonyl (C=O) groups excluding carboxylic acids is 1. The number of amides is 1. The number of hydrogen-bond acceptors (Lipinski definition) is 3. The van der Waals surface area contributed by atoms with Gasteiger partial charge in [-0.2, -0.15) is 0 Å². The fraction of sp³-hybridized carbons (Fsp3) is 0.273. The van der Waals surface area contributed by atoms with Crippen molar-refractivity contribution in [1.82, 2.24) is 16.2 Å². The van der Waals surface area contributed by atoms with Gasteiger partial charge in [-0.15, -0.1) is 0 Å². The molecule has 0 spiro atoms. The smallest absolute Gasteiger partial charge is 0.273 e. The van der Waals surface area contributed by atoms with Crippen molar-refractivity contribution in [2.75, 3.05) is 0 Å². The number of aromatic hydroxyl groups is 1. The molecular weight excluding hydrogens is 238 g/mol. The van der Waals surface area contributed by atoms with Crippen molar-refractivity contribution in [3.8, 4) is 5.75 Å². The van der Waals surface area contributed by atoms with Crippen molar-refractivity contribution in [1.29, 1.82) is 0 Å². The van der Waals surface area contributed by atoms with Gasteiger partial charge in [-0.1, -0.05) is 12.1 Å². The molecule has 0 aliphatic carbocycles. The third kappa shape index (κ3) is 4.28. The Morgan fingerprint density at radius 1 is 1.29 bits per heavy atom. The second kappa shape index (κ2) is 6.05. The molecule has 0 aliphatic rings. The Morgan fingerprint density at radius 2 is 1.94 bits per heavy atom. The van der Waals surface area contributed by atoms with Gasteiger partial charge < -0.3 is 10.4 Å². The van der Waals surface area contributed by atoms with Crippen LogP contribution in [0.15, 0.2) is 24.3 Å². The van der Waals surface area contributed by atoms with Crippen LogP contribution < -0.4 is 16.2 Å². The van der Waals surface area contributed by atoms with E-state index in [1.54, 1.807) is 12.1 Å². The van der Waals surface area contributed by atoms with E-state index in [1.807, 2.05) is 13.8 Å². The number of rotatable bonds is 2. The van der Waals surface area contributed by atoms with E-state index in [-0.39, 0.29) is 17.4 Å². The van der Waals surface area contributed by atoms with Crippen LogP contribution in [0, 0.1) is 0 Å². The van der Waals surface area contributed by atoms with E-state index in [0.717, 1.165) is 0 Å². The third-order valence-electron chi connectivity index (χ3n) is 1.86. The summed E-state index contributed by atoms with van der Waals surface area (Å²) in [6.45, 7) is 3.86. The van der Waals surface area contributed by atoms with E-state index in [1.165, 1.54) is 12.1 Å². The van der Waals surface area contributed by atoms with E-state index in [2.05, 4.69) is 16.2 Å². The third-order valence-corrected chi connectivity index (χ3v) is 2.08. The van der Waals surface area contributed by atoms with Crippen molar-refractivity contribution in [2.45, 2.75) is 19.9 Å². The average molecular weight is 253 g/mol. The monoisotopic (exact) mass is 253 g/mol. The van der Waals surface area contributed by atoms with E-state index >= 15 is 0 Å². The Morgan fingerprint density at radius 3 is 2.53 bits per heavy atom. The van der Waals surface area contributed by atoms with Crippen molar-refractivity contribution >= 4 is 23.2 Å². The summed E-state index contributed by atoms with van der Waals surface area (Å²) in [4.78, 5) is 11.6. The molecule has 4 N–H and O–H groups in total. The van der Waals surface area contributed by atoms with Crippen molar-refractivity contribution in [3.05, 3.63) is 29.8 Å². The van der Waals surface area contributed by atoms with Gasteiger partial charge in [-0.25, -0.2) is 0 Å². The Bertz CT molecular complexity index is 421. The summed E-state index contributed by atoms with van der Waals surface area (Å²) in [7, 11) is 0. The molecule has 0 fully saturated rings. The zero-order chi connectivity index (χ0) is 12.8. The predicted octanol–water partition coefficient (Wildman–Crippen LogP) is 0.909. The first-order valence-electron chi connectivity index (χ1n) is 5.15. The summed E-state index contributed by atoms with van der Waals surface area (Å²) in [5.74, 6) is -0.523. The molecule has 0 atom stereocenters. The number of thiocarbonyl (C=S) groups is 1. The molecule has 0 aromatic heterocycles. The van der Waals surface area contributed by atoms with Crippen LogP contribution >= 0.6 is 12.2 Å². The van der Waals surface area contributed by atoms with Crippen LogP contribution in [-0.4, -0.2) is 22.2 Å². The molecule has 1 aromatic rings. The minimum Gasteiger partial charge on any atom is -0.507 e. The summed E-state index contributed by atoms with van der Waals surface area (Å²) in [6, 6.07) is 6.45. The maximum atomic E-state index is 11.6. The zero-order valence-electron chi connectivity index (χ0n) is 9.65. The number of nitrogens with one attached hydrogen (secondary N) is 3. The van der Waals surface area contributed by atoms with Crippen molar-refractivity contribution in [2.24, 2.45) is 0 Å². The summed E-state index contributed by atoms with van der Waals surface area (Å²) < 4.78 is 0. The lowest BCUT2D eigenvalue weighted by Crippen LogP contribution is -2.48. The highest BCUT2D eigenvalue weighted by molar-refractivity contribution is 7.80. The number of phenolic OH excluding ortho intramolecular Hbond substituents is 1. The first-order chi connectivity index (χ1) is 8.00. The molecular formula is C11H15N3O2S. The normalized spacial score (nSPS) is 9.82. The lowest BCUT2D eigenvalue weighted by molar-refractivity contribution is 0.0941. The Kier molecular flexibility index (Phi) is 4.71.